The van der Waals surface area contributed by atoms with Gasteiger partial charge in [-0.05, 0) is 31.2 Å². The van der Waals surface area contributed by atoms with E-state index in [0.717, 1.165) is 24.6 Å². The standard InChI is InChI=1S/C16H21NO2/c1-3-17-11-15-9-10-16(19-15)12-18-13(2)14-7-5-4-6-8-14/h4-10,13,17H,3,11-12H2,1-2H3. The van der Waals surface area contributed by atoms with Crippen molar-refractivity contribution in [3.8, 4) is 0 Å². The van der Waals surface area contributed by atoms with Crippen LogP contribution < -0.4 is 5.32 Å². The largest absolute Gasteiger partial charge is 0.462 e. The van der Waals surface area contributed by atoms with Gasteiger partial charge in [0, 0.05) is 0 Å². The Hall–Kier alpha value is -1.58. The van der Waals surface area contributed by atoms with E-state index >= 15 is 0 Å². The summed E-state index contributed by atoms with van der Waals surface area (Å²) >= 11 is 0. The fourth-order valence-electron chi connectivity index (χ4n) is 1.87. The molecule has 0 saturated carbocycles. The smallest absolute Gasteiger partial charge is 0.129 e. The summed E-state index contributed by atoms with van der Waals surface area (Å²) in [6.45, 7) is 6.34. The Morgan fingerprint density at radius 2 is 1.84 bits per heavy atom. The van der Waals surface area contributed by atoms with Crippen molar-refractivity contribution in [2.75, 3.05) is 6.54 Å². The summed E-state index contributed by atoms with van der Waals surface area (Å²) in [6, 6.07) is 14.2. The van der Waals surface area contributed by atoms with E-state index in [1.165, 1.54) is 5.56 Å². The first-order chi connectivity index (χ1) is 9.29. The molecule has 0 radical (unpaired) electrons. The van der Waals surface area contributed by atoms with Crippen LogP contribution in [0.5, 0.6) is 0 Å². The summed E-state index contributed by atoms with van der Waals surface area (Å²) in [5.74, 6) is 1.82. The Labute approximate surface area is 114 Å². The van der Waals surface area contributed by atoms with Gasteiger partial charge in [-0.1, -0.05) is 37.3 Å². The lowest BCUT2D eigenvalue weighted by Crippen LogP contribution is -2.10. The Bertz CT molecular complexity index is 479. The molecule has 0 aliphatic rings. The highest BCUT2D eigenvalue weighted by atomic mass is 16.5. The maximum Gasteiger partial charge on any atom is 0.129 e. The third-order valence-electron chi connectivity index (χ3n) is 3.01. The summed E-state index contributed by atoms with van der Waals surface area (Å²) in [5.41, 5.74) is 1.18. The lowest BCUT2D eigenvalue weighted by molar-refractivity contribution is 0.0414. The number of hydrogen-bond donors (Lipinski definition) is 1. The minimum atomic E-state index is 0.0727. The summed E-state index contributed by atoms with van der Waals surface area (Å²) in [7, 11) is 0. The van der Waals surface area contributed by atoms with E-state index in [-0.39, 0.29) is 6.10 Å². The molecule has 0 aliphatic heterocycles. The minimum absolute atomic E-state index is 0.0727. The molecule has 102 valence electrons. The molecule has 0 amide bonds. The molecule has 19 heavy (non-hydrogen) atoms. The van der Waals surface area contributed by atoms with Crippen LogP contribution in [0.3, 0.4) is 0 Å². The topological polar surface area (TPSA) is 34.4 Å². The Kier molecular flexibility index (Phi) is 5.19. The second-order valence-corrected chi connectivity index (χ2v) is 4.51. The second-order valence-electron chi connectivity index (χ2n) is 4.51. The average Bonchev–Trinajstić information content (AvgIpc) is 2.91. The molecule has 2 rings (SSSR count). The molecule has 1 N–H and O–H groups in total. The highest BCUT2D eigenvalue weighted by Gasteiger charge is 2.07. The quantitative estimate of drug-likeness (QED) is 0.824. The van der Waals surface area contributed by atoms with Gasteiger partial charge in [0.25, 0.3) is 0 Å². The van der Waals surface area contributed by atoms with Crippen molar-refractivity contribution in [2.45, 2.75) is 33.1 Å². The van der Waals surface area contributed by atoms with E-state index in [4.69, 9.17) is 9.15 Å². The number of nitrogens with one attached hydrogen (secondary N) is 1. The molecule has 0 aliphatic carbocycles. The normalized spacial score (nSPS) is 12.5. The number of ether oxygens (including phenoxy) is 1. The fraction of sp³-hybridized carbons (Fsp3) is 0.375. The van der Waals surface area contributed by atoms with E-state index in [0.29, 0.717) is 6.61 Å². The average molecular weight is 259 g/mol. The van der Waals surface area contributed by atoms with Crippen molar-refractivity contribution >= 4 is 0 Å². The van der Waals surface area contributed by atoms with Crippen LogP contribution in [0.2, 0.25) is 0 Å². The Morgan fingerprint density at radius 1 is 1.11 bits per heavy atom. The van der Waals surface area contributed by atoms with E-state index in [9.17, 15) is 0 Å². The highest BCUT2D eigenvalue weighted by molar-refractivity contribution is 5.17. The molecule has 1 aromatic heterocycles. The zero-order valence-corrected chi connectivity index (χ0v) is 11.6. The molecular weight excluding hydrogens is 238 g/mol. The summed E-state index contributed by atoms with van der Waals surface area (Å²) in [6.07, 6.45) is 0.0727. The molecule has 1 heterocycles. The van der Waals surface area contributed by atoms with Gasteiger partial charge in [-0.25, -0.2) is 0 Å². The van der Waals surface area contributed by atoms with Crippen LogP contribution in [-0.4, -0.2) is 6.54 Å². The van der Waals surface area contributed by atoms with Gasteiger partial charge in [0.15, 0.2) is 0 Å². The SMILES string of the molecule is CCNCc1ccc(COC(C)c2ccccc2)o1. The van der Waals surface area contributed by atoms with Crippen LogP contribution in [0.4, 0.5) is 0 Å². The van der Waals surface area contributed by atoms with Crippen molar-refractivity contribution in [3.05, 3.63) is 59.5 Å². The predicted octanol–water partition coefficient (Wildman–Crippen LogP) is 3.67. The van der Waals surface area contributed by atoms with Crippen molar-refractivity contribution in [2.24, 2.45) is 0 Å². The summed E-state index contributed by atoms with van der Waals surface area (Å²) < 4.78 is 11.5. The lowest BCUT2D eigenvalue weighted by Gasteiger charge is -2.12. The first-order valence-electron chi connectivity index (χ1n) is 6.74. The maximum atomic E-state index is 5.82. The van der Waals surface area contributed by atoms with E-state index in [2.05, 4.69) is 31.3 Å². The van der Waals surface area contributed by atoms with Gasteiger partial charge < -0.3 is 14.5 Å². The Balaban J connectivity index is 1.83. The summed E-state index contributed by atoms with van der Waals surface area (Å²) in [4.78, 5) is 0. The van der Waals surface area contributed by atoms with Crippen molar-refractivity contribution in [1.82, 2.24) is 5.32 Å². The van der Waals surface area contributed by atoms with Crippen molar-refractivity contribution < 1.29 is 9.15 Å². The van der Waals surface area contributed by atoms with Gasteiger partial charge in [0.1, 0.15) is 18.1 Å². The molecule has 0 bridgehead atoms. The van der Waals surface area contributed by atoms with Crippen LogP contribution in [0.1, 0.15) is 37.0 Å². The van der Waals surface area contributed by atoms with E-state index < -0.39 is 0 Å². The predicted molar refractivity (Wildman–Crippen MR) is 75.7 cm³/mol. The number of benzene rings is 1. The van der Waals surface area contributed by atoms with Crippen LogP contribution >= 0.6 is 0 Å². The maximum absolute atomic E-state index is 5.82. The van der Waals surface area contributed by atoms with Crippen LogP contribution in [0.25, 0.3) is 0 Å². The number of hydrogen-bond acceptors (Lipinski definition) is 3. The second kappa shape index (κ2) is 7.12. The van der Waals surface area contributed by atoms with Gasteiger partial charge in [-0.15, -0.1) is 0 Å². The summed E-state index contributed by atoms with van der Waals surface area (Å²) in [5, 5.41) is 3.23. The molecule has 2 aromatic rings. The first-order valence-corrected chi connectivity index (χ1v) is 6.74. The molecule has 3 nitrogen and oxygen atoms in total. The molecule has 1 unspecified atom stereocenters. The molecular formula is C16H21NO2. The van der Waals surface area contributed by atoms with Crippen molar-refractivity contribution in [3.63, 3.8) is 0 Å². The van der Waals surface area contributed by atoms with Crippen LogP contribution in [0.15, 0.2) is 46.9 Å². The zero-order valence-electron chi connectivity index (χ0n) is 11.6. The highest BCUT2D eigenvalue weighted by Crippen LogP contribution is 2.18. The van der Waals surface area contributed by atoms with Crippen LogP contribution in [0, 0.1) is 0 Å². The zero-order chi connectivity index (χ0) is 13.5. The van der Waals surface area contributed by atoms with E-state index in [1.807, 2.05) is 30.3 Å². The van der Waals surface area contributed by atoms with Gasteiger partial charge in [0.05, 0.1) is 12.6 Å². The molecule has 0 spiro atoms. The first kappa shape index (κ1) is 13.8. The third kappa shape index (κ3) is 4.23. The fourth-order valence-corrected chi connectivity index (χ4v) is 1.87. The van der Waals surface area contributed by atoms with Gasteiger partial charge in [0.2, 0.25) is 0 Å². The van der Waals surface area contributed by atoms with Gasteiger partial charge >= 0.3 is 0 Å². The van der Waals surface area contributed by atoms with E-state index in [1.54, 1.807) is 0 Å². The number of furan rings is 1. The lowest BCUT2D eigenvalue weighted by atomic mass is 10.1. The Morgan fingerprint density at radius 3 is 2.58 bits per heavy atom. The van der Waals surface area contributed by atoms with Crippen molar-refractivity contribution in [1.29, 1.82) is 0 Å². The monoisotopic (exact) mass is 259 g/mol. The number of rotatable bonds is 7. The van der Waals surface area contributed by atoms with Crippen LogP contribution in [-0.2, 0) is 17.9 Å². The molecule has 0 saturated heterocycles. The third-order valence-corrected chi connectivity index (χ3v) is 3.01. The van der Waals surface area contributed by atoms with Gasteiger partial charge in [-0.2, -0.15) is 0 Å². The molecule has 1 aromatic carbocycles. The van der Waals surface area contributed by atoms with Gasteiger partial charge in [-0.3, -0.25) is 0 Å². The molecule has 0 fully saturated rings. The molecule has 1 atom stereocenters. The minimum Gasteiger partial charge on any atom is -0.462 e. The molecule has 3 heteroatoms.